The Morgan fingerprint density at radius 1 is 0.653 bits per heavy atom. The third-order valence-corrected chi connectivity index (χ3v) is 10.1. The molecule has 49 heavy (non-hydrogen) atoms. The Labute approximate surface area is 301 Å². The molecule has 1 aliphatic heterocycles. The van der Waals surface area contributed by atoms with Gasteiger partial charge in [0.15, 0.2) is 6.29 Å². The maximum Gasteiger partial charge on any atom is 0.220 e. The zero-order valence-electron chi connectivity index (χ0n) is 32.0. The largest absolute Gasteiger partial charge is 0.388 e. The molecule has 0 aromatic rings. The van der Waals surface area contributed by atoms with Gasteiger partial charge in [-0.2, -0.15) is 0 Å². The van der Waals surface area contributed by atoms with Crippen LogP contribution in [0.4, 0.5) is 0 Å². The zero-order chi connectivity index (χ0) is 36.0. The van der Waals surface area contributed by atoms with E-state index >= 15 is 0 Å². The van der Waals surface area contributed by atoms with Gasteiger partial charge in [0.25, 0.3) is 0 Å². The van der Waals surface area contributed by atoms with Crippen molar-refractivity contribution in [3.63, 3.8) is 0 Å². The second-order valence-corrected chi connectivity index (χ2v) is 14.8. The first-order valence-corrected chi connectivity index (χ1v) is 20.8. The Morgan fingerprint density at radius 2 is 1.08 bits per heavy atom. The van der Waals surface area contributed by atoms with Crippen LogP contribution < -0.4 is 5.32 Å². The smallest absolute Gasteiger partial charge is 0.220 e. The molecule has 5 N–H and O–H groups in total. The summed E-state index contributed by atoms with van der Waals surface area (Å²) < 4.78 is 11.3. The summed E-state index contributed by atoms with van der Waals surface area (Å²) in [4.78, 5) is 12.9. The number of ether oxygens (including phenoxy) is 2. The van der Waals surface area contributed by atoms with Crippen molar-refractivity contribution in [2.75, 3.05) is 6.61 Å². The minimum atomic E-state index is -1.44. The summed E-state index contributed by atoms with van der Waals surface area (Å²) in [5, 5.41) is 44.4. The van der Waals surface area contributed by atoms with Crippen molar-refractivity contribution in [1.29, 1.82) is 0 Å². The molecule has 1 rings (SSSR count). The monoisotopic (exact) mass is 698 g/mol. The molecule has 0 aromatic carbocycles. The fourth-order valence-corrected chi connectivity index (χ4v) is 6.63. The Bertz CT molecular complexity index is 781. The number of rotatable bonds is 33. The van der Waals surface area contributed by atoms with Crippen LogP contribution in [-0.2, 0) is 14.3 Å². The van der Waals surface area contributed by atoms with E-state index in [0.717, 1.165) is 32.1 Å². The molecule has 1 amide bonds. The van der Waals surface area contributed by atoms with E-state index < -0.39 is 42.9 Å². The van der Waals surface area contributed by atoms with Gasteiger partial charge in [-0.15, -0.1) is 0 Å². The van der Waals surface area contributed by atoms with Crippen molar-refractivity contribution < 1.29 is 34.7 Å². The van der Waals surface area contributed by atoms with Crippen LogP contribution in [0, 0.1) is 0 Å². The van der Waals surface area contributed by atoms with Crippen LogP contribution in [-0.4, -0.2) is 75.8 Å². The van der Waals surface area contributed by atoms with Crippen LogP contribution in [0.5, 0.6) is 0 Å². The third-order valence-electron chi connectivity index (χ3n) is 10.1. The number of aliphatic hydroxyl groups excluding tert-OH is 4. The number of amides is 1. The van der Waals surface area contributed by atoms with Crippen molar-refractivity contribution in [2.24, 2.45) is 0 Å². The minimum Gasteiger partial charge on any atom is -0.388 e. The first-order valence-electron chi connectivity index (χ1n) is 20.8. The highest BCUT2D eigenvalue weighted by Crippen LogP contribution is 2.22. The van der Waals surface area contributed by atoms with Crippen LogP contribution in [0.1, 0.15) is 194 Å². The highest BCUT2D eigenvalue weighted by atomic mass is 16.7. The fraction of sp³-hybridized carbons (Fsp3) is 0.927. The van der Waals surface area contributed by atoms with Crippen LogP contribution in [0.15, 0.2) is 12.2 Å². The van der Waals surface area contributed by atoms with Gasteiger partial charge in [0.05, 0.1) is 24.9 Å². The van der Waals surface area contributed by atoms with Gasteiger partial charge in [0, 0.05) is 6.42 Å². The third kappa shape index (κ3) is 24.0. The second-order valence-electron chi connectivity index (χ2n) is 14.8. The van der Waals surface area contributed by atoms with E-state index in [1.807, 2.05) is 6.08 Å². The van der Waals surface area contributed by atoms with Crippen molar-refractivity contribution in [1.82, 2.24) is 5.32 Å². The molecule has 1 heterocycles. The SMILES string of the molecule is CCCCCCCCCCCC/C=C/C(O)C(COC1O[C@H](C)[C@H](O)[C@H](O)[C@H]1O)NC(=O)CCCCCCCCCCCCCCCCC. The maximum absolute atomic E-state index is 12.9. The number of carbonyl (C=O) groups excluding carboxylic acids is 1. The topological polar surface area (TPSA) is 128 Å². The highest BCUT2D eigenvalue weighted by Gasteiger charge is 2.42. The van der Waals surface area contributed by atoms with E-state index in [4.69, 9.17) is 9.47 Å². The molecule has 0 bridgehead atoms. The van der Waals surface area contributed by atoms with Crippen molar-refractivity contribution in [2.45, 2.75) is 237 Å². The van der Waals surface area contributed by atoms with Crippen LogP contribution in [0.25, 0.3) is 0 Å². The van der Waals surface area contributed by atoms with E-state index in [0.29, 0.717) is 6.42 Å². The second kappa shape index (κ2) is 31.7. The van der Waals surface area contributed by atoms with E-state index in [1.54, 1.807) is 13.0 Å². The van der Waals surface area contributed by atoms with Gasteiger partial charge < -0.3 is 35.2 Å². The minimum absolute atomic E-state index is 0.106. The Balaban J connectivity index is 2.36. The summed E-state index contributed by atoms with van der Waals surface area (Å²) in [6.07, 6.45) is 29.7. The van der Waals surface area contributed by atoms with E-state index in [2.05, 4.69) is 19.2 Å². The first kappa shape index (κ1) is 46.0. The standard InChI is InChI=1S/C41H79NO7/c1-4-6-8-10-12-14-16-18-19-20-22-24-26-28-30-32-37(44)42-35(33-48-41-40(47)39(46)38(45)34(3)49-41)36(43)31-29-27-25-23-21-17-15-13-11-9-7-5-2/h29,31,34-36,38-41,43,45-47H,4-28,30,32-33H2,1-3H3,(H,42,44)/b31-29+/t34-,35?,36?,38+,39+,40-,41?/m1/s1. The lowest BCUT2D eigenvalue weighted by molar-refractivity contribution is -0.294. The molecule has 1 aliphatic rings. The summed E-state index contributed by atoms with van der Waals surface area (Å²) >= 11 is 0. The highest BCUT2D eigenvalue weighted by molar-refractivity contribution is 5.76. The summed E-state index contributed by atoms with van der Waals surface area (Å²) in [6, 6.07) is -0.733. The molecule has 0 aromatic heterocycles. The van der Waals surface area contributed by atoms with Gasteiger partial charge >= 0.3 is 0 Å². The number of hydrogen-bond acceptors (Lipinski definition) is 7. The lowest BCUT2D eigenvalue weighted by Gasteiger charge is -2.39. The lowest BCUT2D eigenvalue weighted by atomic mass is 10.00. The first-order chi connectivity index (χ1) is 23.8. The van der Waals surface area contributed by atoms with Gasteiger partial charge in [-0.25, -0.2) is 0 Å². The summed E-state index contributed by atoms with van der Waals surface area (Å²) in [5.74, 6) is -0.139. The Hall–Kier alpha value is -1.03. The van der Waals surface area contributed by atoms with Gasteiger partial charge in [0.1, 0.15) is 18.3 Å². The average molecular weight is 698 g/mol. The number of aliphatic hydroxyl groups is 4. The van der Waals surface area contributed by atoms with Crippen molar-refractivity contribution in [3.05, 3.63) is 12.2 Å². The van der Waals surface area contributed by atoms with E-state index in [9.17, 15) is 25.2 Å². The molecule has 0 aliphatic carbocycles. The number of allylic oxidation sites excluding steroid dienone is 1. The Morgan fingerprint density at radius 3 is 1.55 bits per heavy atom. The predicted molar refractivity (Wildman–Crippen MR) is 201 cm³/mol. The van der Waals surface area contributed by atoms with Gasteiger partial charge in [-0.3, -0.25) is 4.79 Å². The molecular formula is C41H79NO7. The predicted octanol–water partition coefficient (Wildman–Crippen LogP) is 8.80. The molecule has 8 heteroatoms. The van der Waals surface area contributed by atoms with Crippen molar-refractivity contribution >= 4 is 5.91 Å². The quantitative estimate of drug-likeness (QED) is 0.0343. The van der Waals surface area contributed by atoms with Gasteiger partial charge in [-0.05, 0) is 26.2 Å². The van der Waals surface area contributed by atoms with Crippen LogP contribution >= 0.6 is 0 Å². The van der Waals surface area contributed by atoms with Crippen LogP contribution in [0.2, 0.25) is 0 Å². The maximum atomic E-state index is 12.9. The molecule has 7 atom stereocenters. The summed E-state index contributed by atoms with van der Waals surface area (Å²) in [6.45, 7) is 6.00. The average Bonchev–Trinajstić information content (AvgIpc) is 3.09. The Kier molecular flexibility index (Phi) is 29.7. The molecule has 0 radical (unpaired) electrons. The van der Waals surface area contributed by atoms with Gasteiger partial charge in [0.2, 0.25) is 5.91 Å². The zero-order valence-corrected chi connectivity index (χ0v) is 32.0. The molecule has 8 nitrogen and oxygen atoms in total. The molecule has 3 unspecified atom stereocenters. The molecule has 0 saturated carbocycles. The van der Waals surface area contributed by atoms with E-state index in [1.165, 1.54) is 135 Å². The molecule has 0 spiro atoms. The molecule has 1 fully saturated rings. The number of hydrogen-bond donors (Lipinski definition) is 5. The van der Waals surface area contributed by atoms with Crippen LogP contribution in [0.3, 0.4) is 0 Å². The van der Waals surface area contributed by atoms with Crippen molar-refractivity contribution in [3.8, 4) is 0 Å². The number of nitrogens with one attached hydrogen (secondary N) is 1. The summed E-state index contributed by atoms with van der Waals surface area (Å²) in [7, 11) is 0. The lowest BCUT2D eigenvalue weighted by Crippen LogP contribution is -2.58. The number of carbonyl (C=O) groups is 1. The number of unbranched alkanes of at least 4 members (excludes halogenated alkanes) is 24. The molecular weight excluding hydrogens is 618 g/mol. The summed E-state index contributed by atoms with van der Waals surface area (Å²) in [5.41, 5.74) is 0. The normalized spacial score (nSPS) is 22.5. The fourth-order valence-electron chi connectivity index (χ4n) is 6.63. The van der Waals surface area contributed by atoms with Gasteiger partial charge in [-0.1, -0.05) is 174 Å². The molecule has 290 valence electrons. The van der Waals surface area contributed by atoms with E-state index in [-0.39, 0.29) is 12.5 Å². The molecule has 1 saturated heterocycles.